The second-order valence-electron chi connectivity index (χ2n) is 5.60. The first-order valence-electron chi connectivity index (χ1n) is 7.29. The first-order valence-corrected chi connectivity index (χ1v) is 7.29. The maximum atomic E-state index is 5.99. The highest BCUT2D eigenvalue weighted by Crippen LogP contribution is 2.27. The predicted molar refractivity (Wildman–Crippen MR) is 77.7 cm³/mol. The first kappa shape index (κ1) is 13.6. The lowest BCUT2D eigenvalue weighted by atomic mass is 9.83. The van der Waals surface area contributed by atoms with Crippen molar-refractivity contribution >= 4 is 0 Å². The Morgan fingerprint density at radius 2 is 2.06 bits per heavy atom. The Balaban J connectivity index is 1.93. The number of benzene rings is 1. The minimum absolute atomic E-state index is 0.600. The van der Waals surface area contributed by atoms with Gasteiger partial charge >= 0.3 is 0 Å². The van der Waals surface area contributed by atoms with E-state index in [2.05, 4.69) is 42.6 Å². The highest BCUT2D eigenvalue weighted by Gasteiger charge is 2.24. The molecular weight excluding hydrogens is 220 g/mol. The van der Waals surface area contributed by atoms with Gasteiger partial charge in [0.15, 0.2) is 0 Å². The van der Waals surface area contributed by atoms with E-state index in [-0.39, 0.29) is 0 Å². The maximum absolute atomic E-state index is 5.99. The van der Waals surface area contributed by atoms with E-state index in [9.17, 15) is 0 Å². The van der Waals surface area contributed by atoms with Crippen LogP contribution >= 0.6 is 0 Å². The van der Waals surface area contributed by atoms with Crippen LogP contribution in [0.5, 0.6) is 0 Å². The molecule has 1 heterocycles. The number of nitrogens with two attached hydrogens (primary N) is 1. The van der Waals surface area contributed by atoms with Crippen molar-refractivity contribution in [3.63, 3.8) is 0 Å². The topological polar surface area (TPSA) is 38.0 Å². The molecule has 2 rings (SSSR count). The average molecular weight is 246 g/mol. The van der Waals surface area contributed by atoms with Crippen LogP contribution in [0.15, 0.2) is 30.3 Å². The Kier molecular flexibility index (Phi) is 5.21. The molecule has 3 N–H and O–H groups in total. The lowest BCUT2D eigenvalue weighted by molar-refractivity contribution is 0.276. The van der Waals surface area contributed by atoms with Crippen molar-refractivity contribution in [3.8, 4) is 0 Å². The third kappa shape index (κ3) is 3.56. The molecule has 1 aromatic carbocycles. The van der Waals surface area contributed by atoms with Gasteiger partial charge in [-0.15, -0.1) is 0 Å². The molecule has 18 heavy (non-hydrogen) atoms. The normalized spacial score (nSPS) is 23.6. The second-order valence-corrected chi connectivity index (χ2v) is 5.60. The van der Waals surface area contributed by atoms with Crippen molar-refractivity contribution in [3.05, 3.63) is 35.9 Å². The molecule has 0 aromatic heterocycles. The van der Waals surface area contributed by atoms with Gasteiger partial charge in [-0.05, 0) is 49.8 Å². The predicted octanol–water partition coefficient (Wildman–Crippen LogP) is 2.90. The quantitative estimate of drug-likeness (QED) is 0.838. The van der Waals surface area contributed by atoms with E-state index in [1.54, 1.807) is 0 Å². The highest BCUT2D eigenvalue weighted by molar-refractivity contribution is 5.18. The number of rotatable bonds is 5. The largest absolute Gasteiger partial charge is 0.330 e. The molecule has 0 amide bonds. The standard InChI is InChI=1S/C16H26N2/c1-13(14-7-3-2-4-8-14)11-15(12-17)16-9-5-6-10-18-16/h2-4,7-8,13,15-16,18H,5-6,9-12,17H2,1H3/t13-,15+,16-/m1/s1. The van der Waals surface area contributed by atoms with Gasteiger partial charge in [-0.25, -0.2) is 0 Å². The summed E-state index contributed by atoms with van der Waals surface area (Å²) in [4.78, 5) is 0. The molecule has 0 spiro atoms. The van der Waals surface area contributed by atoms with Crippen molar-refractivity contribution in [2.24, 2.45) is 11.7 Å². The zero-order chi connectivity index (χ0) is 12.8. The number of piperidine rings is 1. The summed E-state index contributed by atoms with van der Waals surface area (Å²) >= 11 is 0. The van der Waals surface area contributed by atoms with Crippen LogP contribution in [0.4, 0.5) is 0 Å². The smallest absolute Gasteiger partial charge is 0.0108 e. The molecule has 2 heteroatoms. The summed E-state index contributed by atoms with van der Waals surface area (Å²) in [6.45, 7) is 4.29. The van der Waals surface area contributed by atoms with Crippen molar-refractivity contribution in [1.29, 1.82) is 0 Å². The molecule has 100 valence electrons. The van der Waals surface area contributed by atoms with Crippen molar-refractivity contribution in [2.45, 2.75) is 44.6 Å². The summed E-state index contributed by atoms with van der Waals surface area (Å²) < 4.78 is 0. The summed E-state index contributed by atoms with van der Waals surface area (Å²) in [6, 6.07) is 11.4. The van der Waals surface area contributed by atoms with Gasteiger partial charge in [-0.1, -0.05) is 43.7 Å². The van der Waals surface area contributed by atoms with E-state index in [0.717, 1.165) is 6.54 Å². The van der Waals surface area contributed by atoms with Crippen LogP contribution in [-0.4, -0.2) is 19.1 Å². The minimum Gasteiger partial charge on any atom is -0.330 e. The molecule has 1 aliphatic rings. The van der Waals surface area contributed by atoms with E-state index in [0.29, 0.717) is 17.9 Å². The summed E-state index contributed by atoms with van der Waals surface area (Å²) in [5.41, 5.74) is 7.43. The van der Waals surface area contributed by atoms with Crippen LogP contribution in [0.2, 0.25) is 0 Å². The molecule has 1 aromatic rings. The molecule has 1 saturated heterocycles. The molecular formula is C16H26N2. The fourth-order valence-corrected chi connectivity index (χ4v) is 3.08. The van der Waals surface area contributed by atoms with Gasteiger partial charge in [0, 0.05) is 6.04 Å². The summed E-state index contributed by atoms with van der Waals surface area (Å²) in [5, 5.41) is 3.65. The van der Waals surface area contributed by atoms with Gasteiger partial charge in [0.05, 0.1) is 0 Å². The lowest BCUT2D eigenvalue weighted by Gasteiger charge is -2.32. The van der Waals surface area contributed by atoms with Crippen LogP contribution in [-0.2, 0) is 0 Å². The molecule has 1 aliphatic heterocycles. The Labute approximate surface area is 111 Å². The monoisotopic (exact) mass is 246 g/mol. The van der Waals surface area contributed by atoms with Gasteiger partial charge in [-0.3, -0.25) is 0 Å². The highest BCUT2D eigenvalue weighted by atomic mass is 14.9. The summed E-state index contributed by atoms with van der Waals surface area (Å²) in [7, 11) is 0. The molecule has 2 nitrogen and oxygen atoms in total. The van der Waals surface area contributed by atoms with Crippen molar-refractivity contribution in [2.75, 3.05) is 13.1 Å². The Bertz CT molecular complexity index is 330. The minimum atomic E-state index is 0.600. The van der Waals surface area contributed by atoms with E-state index < -0.39 is 0 Å². The first-order chi connectivity index (χ1) is 8.81. The Morgan fingerprint density at radius 1 is 1.28 bits per heavy atom. The molecule has 0 bridgehead atoms. The molecule has 0 saturated carbocycles. The fourth-order valence-electron chi connectivity index (χ4n) is 3.08. The molecule has 3 atom stereocenters. The van der Waals surface area contributed by atoms with Gasteiger partial charge < -0.3 is 11.1 Å². The average Bonchev–Trinajstić information content (AvgIpc) is 2.46. The van der Waals surface area contributed by atoms with Crippen LogP contribution in [0.25, 0.3) is 0 Å². The molecule has 0 unspecified atom stereocenters. The van der Waals surface area contributed by atoms with Crippen LogP contribution in [0, 0.1) is 5.92 Å². The molecule has 1 fully saturated rings. The van der Waals surface area contributed by atoms with Crippen molar-refractivity contribution < 1.29 is 0 Å². The number of hydrogen-bond donors (Lipinski definition) is 2. The van der Waals surface area contributed by atoms with E-state index in [1.807, 2.05) is 0 Å². The third-order valence-electron chi connectivity index (χ3n) is 4.25. The fraction of sp³-hybridized carbons (Fsp3) is 0.625. The van der Waals surface area contributed by atoms with Crippen molar-refractivity contribution in [1.82, 2.24) is 5.32 Å². The second kappa shape index (κ2) is 6.91. The zero-order valence-electron chi connectivity index (χ0n) is 11.4. The Hall–Kier alpha value is -0.860. The SMILES string of the molecule is C[C@H](C[C@@H](CN)[C@H]1CCCCN1)c1ccccc1. The van der Waals surface area contributed by atoms with Gasteiger partial charge in [-0.2, -0.15) is 0 Å². The van der Waals surface area contributed by atoms with E-state index in [4.69, 9.17) is 5.73 Å². The Morgan fingerprint density at radius 3 is 2.67 bits per heavy atom. The van der Waals surface area contributed by atoms with Crippen LogP contribution in [0.1, 0.15) is 44.1 Å². The van der Waals surface area contributed by atoms with Gasteiger partial charge in [0.1, 0.15) is 0 Å². The lowest BCUT2D eigenvalue weighted by Crippen LogP contribution is -2.43. The van der Waals surface area contributed by atoms with Gasteiger partial charge in [0.2, 0.25) is 0 Å². The zero-order valence-corrected chi connectivity index (χ0v) is 11.4. The molecule has 0 radical (unpaired) electrons. The summed E-state index contributed by atoms with van der Waals surface area (Å²) in [5.74, 6) is 1.21. The van der Waals surface area contributed by atoms with E-state index >= 15 is 0 Å². The van der Waals surface area contributed by atoms with E-state index in [1.165, 1.54) is 37.8 Å². The molecule has 0 aliphatic carbocycles. The summed E-state index contributed by atoms with van der Waals surface area (Å²) in [6.07, 6.45) is 5.16. The van der Waals surface area contributed by atoms with Crippen LogP contribution in [0.3, 0.4) is 0 Å². The third-order valence-corrected chi connectivity index (χ3v) is 4.25. The number of nitrogens with one attached hydrogen (secondary N) is 1. The van der Waals surface area contributed by atoms with Crippen LogP contribution < -0.4 is 11.1 Å². The maximum Gasteiger partial charge on any atom is 0.0108 e. The van der Waals surface area contributed by atoms with Gasteiger partial charge in [0.25, 0.3) is 0 Å². The number of hydrogen-bond acceptors (Lipinski definition) is 2.